The van der Waals surface area contributed by atoms with E-state index >= 15 is 0 Å². The van der Waals surface area contributed by atoms with Crippen molar-refractivity contribution >= 4 is 15.9 Å². The monoisotopic (exact) mass is 311 g/mol. The molecule has 2 rings (SSSR count). The fourth-order valence-corrected chi connectivity index (χ4v) is 2.23. The lowest BCUT2D eigenvalue weighted by Gasteiger charge is -2.17. The predicted molar refractivity (Wildman–Crippen MR) is 72.8 cm³/mol. The molecule has 1 atom stereocenters. The molecule has 0 saturated carbocycles. The maximum atomic E-state index is 14.0. The van der Waals surface area contributed by atoms with Gasteiger partial charge >= 0.3 is 0 Å². The number of hydrogen-bond donors (Lipinski definition) is 1. The Morgan fingerprint density at radius 2 is 2.22 bits per heavy atom. The summed E-state index contributed by atoms with van der Waals surface area (Å²) in [7, 11) is 1.85. The third kappa shape index (κ3) is 2.79. The summed E-state index contributed by atoms with van der Waals surface area (Å²) in [6.45, 7) is 2.74. The third-order valence-corrected chi connectivity index (χ3v) is 3.21. The molecule has 1 N–H and O–H groups in total. The number of hydrogen-bond acceptors (Lipinski definition) is 2. The summed E-state index contributed by atoms with van der Waals surface area (Å²) in [5, 5.41) is 7.60. The minimum absolute atomic E-state index is 0.218. The van der Waals surface area contributed by atoms with Gasteiger partial charge in [-0.2, -0.15) is 5.10 Å². The Kier molecular flexibility index (Phi) is 4.14. The van der Waals surface area contributed by atoms with E-state index < -0.39 is 0 Å². The van der Waals surface area contributed by atoms with Crippen LogP contribution in [-0.4, -0.2) is 16.3 Å². The Balaban J connectivity index is 2.41. The van der Waals surface area contributed by atoms with Crippen molar-refractivity contribution in [3.05, 3.63) is 52.0 Å². The second-order valence-electron chi connectivity index (χ2n) is 4.07. The van der Waals surface area contributed by atoms with E-state index in [0.29, 0.717) is 5.56 Å². The summed E-state index contributed by atoms with van der Waals surface area (Å²) >= 11 is 3.26. The number of benzene rings is 1. The van der Waals surface area contributed by atoms with Crippen molar-refractivity contribution in [3.63, 3.8) is 0 Å². The average molecular weight is 312 g/mol. The van der Waals surface area contributed by atoms with Gasteiger partial charge in [0.05, 0.1) is 11.7 Å². The van der Waals surface area contributed by atoms with Crippen molar-refractivity contribution < 1.29 is 4.39 Å². The van der Waals surface area contributed by atoms with Crippen LogP contribution in [0.1, 0.15) is 24.2 Å². The van der Waals surface area contributed by atoms with Crippen molar-refractivity contribution in [1.82, 2.24) is 15.1 Å². The van der Waals surface area contributed by atoms with Crippen LogP contribution in [0.2, 0.25) is 0 Å². The first-order valence-electron chi connectivity index (χ1n) is 5.79. The van der Waals surface area contributed by atoms with E-state index in [2.05, 4.69) is 26.3 Å². The van der Waals surface area contributed by atoms with E-state index in [1.54, 1.807) is 10.7 Å². The molecule has 0 aliphatic rings. The van der Waals surface area contributed by atoms with Crippen LogP contribution in [0.15, 0.2) is 34.9 Å². The highest BCUT2D eigenvalue weighted by atomic mass is 79.9. The Hall–Kier alpha value is -1.20. The van der Waals surface area contributed by atoms with Gasteiger partial charge in [0, 0.05) is 23.3 Å². The number of nitrogens with one attached hydrogen (secondary N) is 1. The molecule has 0 fully saturated rings. The second-order valence-corrected chi connectivity index (χ2v) is 4.99. The molecule has 0 aliphatic heterocycles. The van der Waals surface area contributed by atoms with Gasteiger partial charge in [0.1, 0.15) is 5.82 Å². The maximum Gasteiger partial charge on any atom is 0.129 e. The zero-order valence-electron chi connectivity index (χ0n) is 10.3. The number of nitrogens with zero attached hydrogens (tertiary/aromatic N) is 2. The topological polar surface area (TPSA) is 29.9 Å². The van der Waals surface area contributed by atoms with Gasteiger partial charge in [-0.15, -0.1) is 0 Å². The molecule has 1 aromatic carbocycles. The Bertz CT molecular complexity index is 539. The summed E-state index contributed by atoms with van der Waals surface area (Å²) in [6, 6.07) is 6.77. The van der Waals surface area contributed by atoms with E-state index in [4.69, 9.17) is 0 Å². The zero-order valence-corrected chi connectivity index (χ0v) is 11.9. The van der Waals surface area contributed by atoms with E-state index in [-0.39, 0.29) is 11.9 Å². The summed E-state index contributed by atoms with van der Waals surface area (Å²) < 4.78 is 16.5. The normalized spacial score (nSPS) is 12.7. The highest BCUT2D eigenvalue weighted by Crippen LogP contribution is 2.25. The molecular weight excluding hydrogens is 297 g/mol. The number of aryl methyl sites for hydroxylation is 1. The van der Waals surface area contributed by atoms with Gasteiger partial charge in [-0.1, -0.05) is 28.9 Å². The largest absolute Gasteiger partial charge is 0.305 e. The van der Waals surface area contributed by atoms with E-state index in [1.807, 2.05) is 32.3 Å². The molecule has 0 spiro atoms. The quantitative estimate of drug-likeness (QED) is 0.940. The van der Waals surface area contributed by atoms with Crippen LogP contribution in [-0.2, 0) is 7.05 Å². The van der Waals surface area contributed by atoms with Crippen LogP contribution >= 0.6 is 15.9 Å². The Labute approximate surface area is 114 Å². The van der Waals surface area contributed by atoms with Gasteiger partial charge < -0.3 is 5.32 Å². The zero-order chi connectivity index (χ0) is 13.1. The van der Waals surface area contributed by atoms with Gasteiger partial charge in [-0.25, -0.2) is 4.39 Å². The lowest BCUT2D eigenvalue weighted by atomic mass is 10.0. The number of aromatic nitrogens is 2. The van der Waals surface area contributed by atoms with Crippen molar-refractivity contribution in [3.8, 4) is 0 Å². The van der Waals surface area contributed by atoms with Crippen LogP contribution in [0.3, 0.4) is 0 Å². The molecule has 1 unspecified atom stereocenters. The Morgan fingerprint density at radius 3 is 2.78 bits per heavy atom. The van der Waals surface area contributed by atoms with Crippen molar-refractivity contribution in [2.45, 2.75) is 13.0 Å². The van der Waals surface area contributed by atoms with Crippen LogP contribution in [0.4, 0.5) is 4.39 Å². The summed E-state index contributed by atoms with van der Waals surface area (Å²) in [5.74, 6) is -0.235. The molecule has 18 heavy (non-hydrogen) atoms. The number of rotatable bonds is 4. The standard InChI is InChI=1S/C13H15BrFN3/c1-3-16-13(12-6-7-18(2)17-12)10-5-4-9(14)8-11(10)15/h4-8,13,16H,3H2,1-2H3. The molecule has 1 heterocycles. The van der Waals surface area contributed by atoms with Crippen LogP contribution in [0, 0.1) is 5.82 Å². The SMILES string of the molecule is CCNC(c1ccn(C)n1)c1ccc(Br)cc1F. The van der Waals surface area contributed by atoms with Gasteiger partial charge in [0.2, 0.25) is 0 Å². The van der Waals surface area contributed by atoms with Crippen molar-refractivity contribution in [2.75, 3.05) is 6.54 Å². The Morgan fingerprint density at radius 1 is 1.44 bits per heavy atom. The van der Waals surface area contributed by atoms with Crippen LogP contribution < -0.4 is 5.32 Å². The van der Waals surface area contributed by atoms with E-state index in [9.17, 15) is 4.39 Å². The average Bonchev–Trinajstić information content (AvgIpc) is 2.73. The smallest absolute Gasteiger partial charge is 0.129 e. The molecule has 5 heteroatoms. The molecule has 96 valence electrons. The van der Waals surface area contributed by atoms with Crippen LogP contribution in [0.25, 0.3) is 0 Å². The lowest BCUT2D eigenvalue weighted by Crippen LogP contribution is -2.23. The first kappa shape index (κ1) is 13.2. The molecule has 3 nitrogen and oxygen atoms in total. The predicted octanol–water partition coefficient (Wildman–Crippen LogP) is 3.02. The molecule has 0 radical (unpaired) electrons. The summed E-state index contributed by atoms with van der Waals surface area (Å²) in [6.07, 6.45) is 1.86. The molecule has 0 bridgehead atoms. The highest BCUT2D eigenvalue weighted by Gasteiger charge is 2.19. The molecule has 1 aromatic heterocycles. The van der Waals surface area contributed by atoms with Gasteiger partial charge in [-0.3, -0.25) is 4.68 Å². The van der Waals surface area contributed by atoms with Gasteiger partial charge in [0.25, 0.3) is 0 Å². The first-order chi connectivity index (χ1) is 8.61. The maximum absolute atomic E-state index is 14.0. The summed E-state index contributed by atoms with van der Waals surface area (Å²) in [4.78, 5) is 0. The second kappa shape index (κ2) is 5.63. The molecule has 0 amide bonds. The molecule has 2 aromatic rings. The highest BCUT2D eigenvalue weighted by molar-refractivity contribution is 9.10. The fourth-order valence-electron chi connectivity index (χ4n) is 1.90. The van der Waals surface area contributed by atoms with Gasteiger partial charge in [-0.05, 0) is 24.7 Å². The van der Waals surface area contributed by atoms with Crippen molar-refractivity contribution in [1.29, 1.82) is 0 Å². The molecule has 0 aliphatic carbocycles. The number of halogens is 2. The fraction of sp³-hybridized carbons (Fsp3) is 0.308. The minimum atomic E-state index is -0.235. The van der Waals surface area contributed by atoms with E-state index in [0.717, 1.165) is 16.7 Å². The van der Waals surface area contributed by atoms with Crippen LogP contribution in [0.5, 0.6) is 0 Å². The molecular formula is C13H15BrFN3. The first-order valence-corrected chi connectivity index (χ1v) is 6.59. The van der Waals surface area contributed by atoms with E-state index in [1.165, 1.54) is 6.07 Å². The third-order valence-electron chi connectivity index (χ3n) is 2.71. The van der Waals surface area contributed by atoms with Crippen molar-refractivity contribution in [2.24, 2.45) is 7.05 Å². The minimum Gasteiger partial charge on any atom is -0.305 e. The lowest BCUT2D eigenvalue weighted by molar-refractivity contribution is 0.546. The summed E-state index contributed by atoms with van der Waals surface area (Å²) in [5.41, 5.74) is 1.43. The van der Waals surface area contributed by atoms with Gasteiger partial charge in [0.15, 0.2) is 0 Å². The molecule has 0 saturated heterocycles.